The number of nitrogens with zero attached hydrogens (tertiary/aromatic N) is 1. The summed E-state index contributed by atoms with van der Waals surface area (Å²) < 4.78 is 5.05. The molecule has 0 aromatic heterocycles. The molecule has 0 saturated carbocycles. The summed E-state index contributed by atoms with van der Waals surface area (Å²) in [5.74, 6) is -2.15. The Labute approximate surface area is 170 Å². The first-order valence-corrected chi connectivity index (χ1v) is 8.76. The van der Waals surface area contributed by atoms with Crippen molar-refractivity contribution in [2.75, 3.05) is 11.5 Å². The third kappa shape index (κ3) is 4.19. The van der Waals surface area contributed by atoms with Gasteiger partial charge >= 0.3 is 5.97 Å². The van der Waals surface area contributed by atoms with Crippen LogP contribution in [0.4, 0.5) is 5.69 Å². The minimum Gasteiger partial charge on any atom is -0.480 e. The van der Waals surface area contributed by atoms with Crippen LogP contribution in [-0.4, -0.2) is 34.6 Å². The molecule has 2 aromatic carbocycles. The maximum Gasteiger partial charge on any atom is 0.341 e. The van der Waals surface area contributed by atoms with Gasteiger partial charge in [-0.05, 0) is 48.1 Å². The highest BCUT2D eigenvalue weighted by Crippen LogP contribution is 2.27. The highest BCUT2D eigenvalue weighted by molar-refractivity contribution is 7.80. The van der Waals surface area contributed by atoms with Crippen molar-refractivity contribution in [3.05, 3.63) is 64.7 Å². The predicted octanol–water partition coefficient (Wildman–Crippen LogP) is 2.63. The van der Waals surface area contributed by atoms with Crippen molar-refractivity contribution in [2.45, 2.75) is 0 Å². The van der Waals surface area contributed by atoms with Crippen LogP contribution in [0.15, 0.2) is 54.1 Å². The van der Waals surface area contributed by atoms with Crippen LogP contribution in [0.3, 0.4) is 0 Å². The quantitative estimate of drug-likeness (QED) is 0.442. The summed E-state index contributed by atoms with van der Waals surface area (Å²) in [5, 5.41) is 11.3. The first-order chi connectivity index (χ1) is 13.4. The number of carboxylic acid groups (broad SMARTS) is 1. The van der Waals surface area contributed by atoms with Crippen molar-refractivity contribution in [2.24, 2.45) is 0 Å². The van der Waals surface area contributed by atoms with Crippen molar-refractivity contribution in [3.8, 4) is 5.75 Å². The Kier molecular flexibility index (Phi) is 5.72. The van der Waals surface area contributed by atoms with Gasteiger partial charge in [-0.1, -0.05) is 35.9 Å². The number of anilines is 1. The number of nitrogens with one attached hydrogen (secondary N) is 1. The molecule has 0 radical (unpaired) electrons. The number of amides is 2. The molecule has 2 amide bonds. The summed E-state index contributed by atoms with van der Waals surface area (Å²) in [6.07, 6.45) is 1.38. The second-order valence-electron chi connectivity index (χ2n) is 5.67. The van der Waals surface area contributed by atoms with Crippen LogP contribution in [0.1, 0.15) is 5.56 Å². The molecule has 0 unspecified atom stereocenters. The topological polar surface area (TPSA) is 95.9 Å². The van der Waals surface area contributed by atoms with Gasteiger partial charge in [-0.3, -0.25) is 19.8 Å². The summed E-state index contributed by atoms with van der Waals surface area (Å²) in [7, 11) is 0. The summed E-state index contributed by atoms with van der Waals surface area (Å²) in [5.41, 5.74) is 0.874. The maximum atomic E-state index is 12.9. The number of carbonyl (C=O) groups excluding carboxylic acids is 2. The highest BCUT2D eigenvalue weighted by atomic mass is 35.5. The Balaban J connectivity index is 1.91. The third-order valence-electron chi connectivity index (χ3n) is 3.73. The van der Waals surface area contributed by atoms with E-state index in [4.69, 9.17) is 33.7 Å². The van der Waals surface area contributed by atoms with E-state index in [0.717, 1.165) is 0 Å². The lowest BCUT2D eigenvalue weighted by molar-refractivity contribution is -0.139. The first-order valence-electron chi connectivity index (χ1n) is 7.97. The van der Waals surface area contributed by atoms with E-state index in [-0.39, 0.29) is 21.5 Å². The van der Waals surface area contributed by atoms with Gasteiger partial charge in [-0.2, -0.15) is 0 Å². The minimum atomic E-state index is -1.14. The van der Waals surface area contributed by atoms with Crippen molar-refractivity contribution in [1.29, 1.82) is 0 Å². The lowest BCUT2D eigenvalue weighted by Gasteiger charge is -2.28. The second kappa shape index (κ2) is 8.20. The number of halogens is 1. The van der Waals surface area contributed by atoms with E-state index in [1.165, 1.54) is 23.1 Å². The number of carboxylic acids is 1. The van der Waals surface area contributed by atoms with E-state index >= 15 is 0 Å². The SMILES string of the molecule is O=C(O)COc1ccc(C=C2C(=O)NC(=S)N(c3ccccc3)C2=O)cc1Cl. The molecular formula is C19H13ClN2O5S. The molecule has 1 aliphatic rings. The molecule has 1 heterocycles. The van der Waals surface area contributed by atoms with Gasteiger partial charge in [0, 0.05) is 0 Å². The Hall–Kier alpha value is -3.23. The average molecular weight is 417 g/mol. The minimum absolute atomic E-state index is 0.00574. The lowest BCUT2D eigenvalue weighted by atomic mass is 10.1. The van der Waals surface area contributed by atoms with E-state index in [1.807, 2.05) is 0 Å². The van der Waals surface area contributed by atoms with Crippen LogP contribution in [0.25, 0.3) is 6.08 Å². The van der Waals surface area contributed by atoms with E-state index < -0.39 is 24.4 Å². The van der Waals surface area contributed by atoms with E-state index in [0.29, 0.717) is 11.3 Å². The molecule has 2 N–H and O–H groups in total. The molecule has 28 heavy (non-hydrogen) atoms. The molecule has 0 atom stereocenters. The molecule has 142 valence electrons. The Bertz CT molecular complexity index is 1010. The summed E-state index contributed by atoms with van der Waals surface area (Å²) in [4.78, 5) is 37.0. The molecule has 0 aliphatic carbocycles. The molecule has 2 aromatic rings. The van der Waals surface area contributed by atoms with Crippen LogP contribution < -0.4 is 15.0 Å². The van der Waals surface area contributed by atoms with Crippen LogP contribution in [0.5, 0.6) is 5.75 Å². The van der Waals surface area contributed by atoms with Crippen molar-refractivity contribution in [1.82, 2.24) is 5.32 Å². The second-order valence-corrected chi connectivity index (χ2v) is 6.46. The molecule has 9 heteroatoms. The lowest BCUT2D eigenvalue weighted by Crippen LogP contribution is -2.54. The maximum absolute atomic E-state index is 12.9. The zero-order chi connectivity index (χ0) is 20.3. The number of hydrogen-bond acceptors (Lipinski definition) is 5. The van der Waals surface area contributed by atoms with Crippen LogP contribution in [0, 0.1) is 0 Å². The third-order valence-corrected chi connectivity index (χ3v) is 4.31. The zero-order valence-electron chi connectivity index (χ0n) is 14.2. The first kappa shape index (κ1) is 19.5. The van der Waals surface area contributed by atoms with Gasteiger partial charge in [0.05, 0.1) is 10.7 Å². The molecule has 0 bridgehead atoms. The van der Waals surface area contributed by atoms with Crippen molar-refractivity contribution in [3.63, 3.8) is 0 Å². The highest BCUT2D eigenvalue weighted by Gasteiger charge is 2.34. The van der Waals surface area contributed by atoms with Gasteiger partial charge in [0.1, 0.15) is 11.3 Å². The number of ether oxygens (including phenoxy) is 1. The number of rotatable bonds is 5. The number of benzene rings is 2. The predicted molar refractivity (Wildman–Crippen MR) is 107 cm³/mol. The molecular weight excluding hydrogens is 404 g/mol. The Morgan fingerprint density at radius 1 is 1.21 bits per heavy atom. The zero-order valence-corrected chi connectivity index (χ0v) is 15.8. The van der Waals surface area contributed by atoms with Gasteiger partial charge in [-0.25, -0.2) is 4.79 Å². The summed E-state index contributed by atoms with van der Waals surface area (Å²) in [6.45, 7) is -0.537. The van der Waals surface area contributed by atoms with Gasteiger partial charge in [-0.15, -0.1) is 0 Å². The standard InChI is InChI=1S/C19H13ClN2O5S/c20-14-9-11(6-7-15(14)27-10-16(23)24)8-13-17(25)21-19(28)22(18(13)26)12-4-2-1-3-5-12/h1-9H,10H2,(H,23,24)(H,21,25,28). The van der Waals surface area contributed by atoms with Gasteiger partial charge in [0.2, 0.25) is 0 Å². The van der Waals surface area contributed by atoms with Crippen molar-refractivity contribution >= 4 is 58.5 Å². The largest absolute Gasteiger partial charge is 0.480 e. The van der Waals surface area contributed by atoms with Gasteiger partial charge in [0.15, 0.2) is 11.7 Å². The summed E-state index contributed by atoms with van der Waals surface area (Å²) >= 11 is 11.2. The molecule has 1 aliphatic heterocycles. The average Bonchev–Trinajstić information content (AvgIpc) is 2.65. The summed E-state index contributed by atoms with van der Waals surface area (Å²) in [6, 6.07) is 13.2. The van der Waals surface area contributed by atoms with Crippen LogP contribution in [0.2, 0.25) is 5.02 Å². The fourth-order valence-corrected chi connectivity index (χ4v) is 3.02. The van der Waals surface area contributed by atoms with E-state index in [9.17, 15) is 14.4 Å². The Morgan fingerprint density at radius 2 is 1.93 bits per heavy atom. The molecule has 3 rings (SSSR count). The van der Waals surface area contributed by atoms with Crippen LogP contribution >= 0.6 is 23.8 Å². The number of hydrogen-bond donors (Lipinski definition) is 2. The fraction of sp³-hybridized carbons (Fsp3) is 0.0526. The number of para-hydroxylation sites is 1. The monoisotopic (exact) mass is 416 g/mol. The van der Waals surface area contributed by atoms with E-state index in [2.05, 4.69) is 5.32 Å². The molecule has 1 fully saturated rings. The van der Waals surface area contributed by atoms with Gasteiger partial charge in [0.25, 0.3) is 11.8 Å². The number of thiocarbonyl (C=S) groups is 1. The van der Waals surface area contributed by atoms with Gasteiger partial charge < -0.3 is 9.84 Å². The molecule has 1 saturated heterocycles. The van der Waals surface area contributed by atoms with Crippen LogP contribution in [-0.2, 0) is 14.4 Å². The Morgan fingerprint density at radius 3 is 2.57 bits per heavy atom. The molecule has 7 nitrogen and oxygen atoms in total. The van der Waals surface area contributed by atoms with Crippen molar-refractivity contribution < 1.29 is 24.2 Å². The fourth-order valence-electron chi connectivity index (χ4n) is 2.50. The normalized spacial score (nSPS) is 15.5. The number of aliphatic carboxylic acids is 1. The molecule has 0 spiro atoms. The number of carbonyl (C=O) groups is 3. The van der Waals surface area contributed by atoms with E-state index in [1.54, 1.807) is 36.4 Å². The smallest absolute Gasteiger partial charge is 0.341 e.